The number of anilines is 1. The first-order valence-corrected chi connectivity index (χ1v) is 9.08. The first-order chi connectivity index (χ1) is 12.5. The molecule has 1 aromatic carbocycles. The van der Waals surface area contributed by atoms with E-state index in [0.29, 0.717) is 10.8 Å². The molecule has 8 nitrogen and oxygen atoms in total. The van der Waals surface area contributed by atoms with Crippen LogP contribution < -0.4 is 10.1 Å². The molecule has 0 fully saturated rings. The Morgan fingerprint density at radius 1 is 1.38 bits per heavy atom. The lowest BCUT2D eigenvalue weighted by Gasteiger charge is -2.08. The highest BCUT2D eigenvalue weighted by molar-refractivity contribution is 7.99. The quantitative estimate of drug-likeness (QED) is 0.358. The average molecular weight is 374 g/mol. The molecule has 3 rings (SSSR count). The predicted octanol–water partition coefficient (Wildman–Crippen LogP) is 2.92. The third kappa shape index (κ3) is 3.93. The summed E-state index contributed by atoms with van der Waals surface area (Å²) in [5.41, 5.74) is 3.58. The van der Waals surface area contributed by atoms with Gasteiger partial charge in [0, 0.05) is 29.2 Å². The molecule has 0 radical (unpaired) electrons. The number of carbonyl (C=O) groups is 1. The Balaban J connectivity index is 1.63. The molecular formula is C17H18N4O4S. The number of nitrogens with zero attached hydrogens (tertiary/aromatic N) is 3. The van der Waals surface area contributed by atoms with Gasteiger partial charge in [0.05, 0.1) is 17.8 Å². The highest BCUT2D eigenvalue weighted by Gasteiger charge is 2.18. The SMILES string of the molecule is COc1cc(NC(=O)CSc2nc(C)c3c(n2)CCC3)ccc1[N+](=O)[O-]. The summed E-state index contributed by atoms with van der Waals surface area (Å²) in [5, 5.41) is 14.2. The van der Waals surface area contributed by atoms with Gasteiger partial charge in [-0.15, -0.1) is 0 Å². The van der Waals surface area contributed by atoms with Crippen molar-refractivity contribution in [2.24, 2.45) is 0 Å². The molecule has 0 atom stereocenters. The Morgan fingerprint density at radius 3 is 2.92 bits per heavy atom. The normalized spacial score (nSPS) is 12.5. The van der Waals surface area contributed by atoms with E-state index < -0.39 is 4.92 Å². The molecule has 1 aliphatic carbocycles. The van der Waals surface area contributed by atoms with E-state index in [9.17, 15) is 14.9 Å². The number of fused-ring (bicyclic) bond motifs is 1. The van der Waals surface area contributed by atoms with Crippen LogP contribution in [-0.2, 0) is 17.6 Å². The van der Waals surface area contributed by atoms with Crippen molar-refractivity contribution in [1.29, 1.82) is 0 Å². The number of aromatic nitrogens is 2. The fraction of sp³-hybridized carbons (Fsp3) is 0.353. The highest BCUT2D eigenvalue weighted by atomic mass is 32.2. The van der Waals surface area contributed by atoms with Crippen molar-refractivity contribution in [2.45, 2.75) is 31.3 Å². The maximum atomic E-state index is 12.2. The number of rotatable bonds is 6. The molecule has 1 heterocycles. The van der Waals surface area contributed by atoms with Gasteiger partial charge in [0.1, 0.15) is 0 Å². The Bertz CT molecular complexity index is 872. The van der Waals surface area contributed by atoms with E-state index in [1.165, 1.54) is 42.6 Å². The van der Waals surface area contributed by atoms with Crippen LogP contribution in [0.4, 0.5) is 11.4 Å². The molecule has 1 aliphatic rings. The lowest BCUT2D eigenvalue weighted by atomic mass is 10.2. The van der Waals surface area contributed by atoms with Crippen LogP contribution in [0, 0.1) is 17.0 Å². The van der Waals surface area contributed by atoms with E-state index in [1.54, 1.807) is 0 Å². The minimum atomic E-state index is -0.534. The predicted molar refractivity (Wildman–Crippen MR) is 97.8 cm³/mol. The number of ether oxygens (including phenoxy) is 1. The number of hydrogen-bond donors (Lipinski definition) is 1. The van der Waals surface area contributed by atoms with Crippen molar-refractivity contribution in [3.05, 3.63) is 45.3 Å². The maximum absolute atomic E-state index is 12.2. The van der Waals surface area contributed by atoms with E-state index >= 15 is 0 Å². The number of nitro benzene ring substituents is 1. The van der Waals surface area contributed by atoms with Gasteiger partial charge in [-0.3, -0.25) is 14.9 Å². The van der Waals surface area contributed by atoms with Gasteiger partial charge in [-0.1, -0.05) is 11.8 Å². The number of amides is 1. The van der Waals surface area contributed by atoms with E-state index in [4.69, 9.17) is 4.74 Å². The summed E-state index contributed by atoms with van der Waals surface area (Å²) in [6.07, 6.45) is 3.08. The second-order valence-electron chi connectivity index (χ2n) is 5.85. The van der Waals surface area contributed by atoms with E-state index in [1.807, 2.05) is 6.92 Å². The number of nitro groups is 1. The van der Waals surface area contributed by atoms with Crippen molar-refractivity contribution < 1.29 is 14.5 Å². The number of hydrogen-bond acceptors (Lipinski definition) is 7. The Labute approximate surface area is 154 Å². The third-order valence-electron chi connectivity index (χ3n) is 4.11. The zero-order valence-corrected chi connectivity index (χ0v) is 15.3. The fourth-order valence-corrected chi connectivity index (χ4v) is 3.60. The number of nitrogens with one attached hydrogen (secondary N) is 1. The number of thioether (sulfide) groups is 1. The van der Waals surface area contributed by atoms with E-state index in [2.05, 4.69) is 15.3 Å². The largest absolute Gasteiger partial charge is 0.490 e. The summed E-state index contributed by atoms with van der Waals surface area (Å²) in [4.78, 5) is 31.5. The van der Waals surface area contributed by atoms with Crippen LogP contribution in [-0.4, -0.2) is 33.7 Å². The minimum absolute atomic E-state index is 0.0954. The zero-order chi connectivity index (χ0) is 18.7. The number of benzene rings is 1. The van der Waals surface area contributed by atoms with Crippen LogP contribution in [0.15, 0.2) is 23.4 Å². The molecule has 136 valence electrons. The van der Waals surface area contributed by atoms with Crippen LogP contribution in [0.3, 0.4) is 0 Å². The molecule has 0 bridgehead atoms. The van der Waals surface area contributed by atoms with E-state index in [-0.39, 0.29) is 23.1 Å². The Kier molecular flexibility index (Phi) is 5.36. The minimum Gasteiger partial charge on any atom is -0.490 e. The second kappa shape index (κ2) is 7.69. The topological polar surface area (TPSA) is 107 Å². The highest BCUT2D eigenvalue weighted by Crippen LogP contribution is 2.30. The van der Waals surface area contributed by atoms with Gasteiger partial charge in [-0.2, -0.15) is 0 Å². The van der Waals surface area contributed by atoms with Gasteiger partial charge >= 0.3 is 5.69 Å². The first-order valence-electron chi connectivity index (χ1n) is 8.09. The summed E-state index contributed by atoms with van der Waals surface area (Å²) >= 11 is 1.27. The monoisotopic (exact) mass is 374 g/mol. The molecule has 0 spiro atoms. The molecule has 1 N–H and O–H groups in total. The smallest absolute Gasteiger partial charge is 0.311 e. The van der Waals surface area contributed by atoms with Gasteiger partial charge in [-0.05, 0) is 37.8 Å². The van der Waals surface area contributed by atoms with Crippen LogP contribution in [0.1, 0.15) is 23.4 Å². The Hall–Kier alpha value is -2.68. The summed E-state index contributed by atoms with van der Waals surface area (Å²) < 4.78 is 5.00. The van der Waals surface area contributed by atoms with E-state index in [0.717, 1.165) is 30.7 Å². The van der Waals surface area contributed by atoms with Crippen LogP contribution >= 0.6 is 11.8 Å². The summed E-state index contributed by atoms with van der Waals surface area (Å²) in [6.45, 7) is 1.97. The van der Waals surface area contributed by atoms with Gasteiger partial charge in [0.25, 0.3) is 0 Å². The van der Waals surface area contributed by atoms with Crippen molar-refractivity contribution in [2.75, 3.05) is 18.2 Å². The van der Waals surface area contributed by atoms with Gasteiger partial charge < -0.3 is 10.1 Å². The number of carbonyl (C=O) groups excluding carboxylic acids is 1. The molecule has 0 aliphatic heterocycles. The fourth-order valence-electron chi connectivity index (χ4n) is 2.89. The summed E-state index contributed by atoms with van der Waals surface area (Å²) in [5.74, 6) is 0.00282. The molecule has 1 aromatic heterocycles. The molecule has 9 heteroatoms. The van der Waals surface area contributed by atoms with Crippen molar-refractivity contribution in [1.82, 2.24) is 9.97 Å². The number of aryl methyl sites for hydroxylation is 2. The second-order valence-corrected chi connectivity index (χ2v) is 6.79. The third-order valence-corrected chi connectivity index (χ3v) is 4.96. The molecular weight excluding hydrogens is 356 g/mol. The van der Waals surface area contributed by atoms with Crippen LogP contribution in [0.2, 0.25) is 0 Å². The Morgan fingerprint density at radius 2 is 2.19 bits per heavy atom. The molecule has 0 saturated heterocycles. The van der Waals surface area contributed by atoms with Crippen LogP contribution in [0.25, 0.3) is 0 Å². The maximum Gasteiger partial charge on any atom is 0.311 e. The van der Waals surface area contributed by atoms with Crippen molar-refractivity contribution >= 4 is 29.0 Å². The average Bonchev–Trinajstić information content (AvgIpc) is 3.09. The summed E-state index contributed by atoms with van der Waals surface area (Å²) in [7, 11) is 1.34. The van der Waals surface area contributed by atoms with Crippen molar-refractivity contribution in [3.63, 3.8) is 0 Å². The molecule has 0 saturated carbocycles. The van der Waals surface area contributed by atoms with Gasteiger partial charge in [-0.25, -0.2) is 9.97 Å². The molecule has 26 heavy (non-hydrogen) atoms. The lowest BCUT2D eigenvalue weighted by Crippen LogP contribution is -2.14. The summed E-state index contributed by atoms with van der Waals surface area (Å²) in [6, 6.07) is 4.20. The van der Waals surface area contributed by atoms with Crippen LogP contribution in [0.5, 0.6) is 5.75 Å². The number of methoxy groups -OCH3 is 1. The molecule has 2 aromatic rings. The van der Waals surface area contributed by atoms with Crippen molar-refractivity contribution in [3.8, 4) is 5.75 Å². The molecule has 0 unspecified atom stereocenters. The standard InChI is InChI=1S/C17H18N4O4S/c1-10-12-4-3-5-13(12)20-17(18-10)26-9-16(22)19-11-6-7-14(21(23)24)15(8-11)25-2/h6-8H,3-5,9H2,1-2H3,(H,19,22). The first kappa shape index (κ1) is 18.1. The van der Waals surface area contributed by atoms with Gasteiger partial charge in [0.15, 0.2) is 10.9 Å². The zero-order valence-electron chi connectivity index (χ0n) is 14.4. The van der Waals surface area contributed by atoms with Gasteiger partial charge in [0.2, 0.25) is 5.91 Å². The molecule has 1 amide bonds. The lowest BCUT2D eigenvalue weighted by molar-refractivity contribution is -0.385.